The van der Waals surface area contributed by atoms with Gasteiger partial charge in [-0.2, -0.15) is 0 Å². The van der Waals surface area contributed by atoms with Crippen LogP contribution in [0.1, 0.15) is 33.1 Å². The summed E-state index contributed by atoms with van der Waals surface area (Å²) >= 11 is 0. The zero-order valence-corrected chi connectivity index (χ0v) is 12.6. The third-order valence-electron chi connectivity index (χ3n) is 4.30. The Morgan fingerprint density at radius 2 is 1.82 bits per heavy atom. The average molecular weight is 241 g/mol. The first-order valence-electron chi connectivity index (χ1n) is 6.90. The zero-order chi connectivity index (χ0) is 13.1. The van der Waals surface area contributed by atoms with Crippen LogP contribution in [0.4, 0.5) is 0 Å². The van der Waals surface area contributed by atoms with E-state index in [0.717, 1.165) is 0 Å². The summed E-state index contributed by atoms with van der Waals surface area (Å²) in [6.45, 7) is 7.17. The molecule has 2 unspecified atom stereocenters. The molecule has 1 saturated carbocycles. The van der Waals surface area contributed by atoms with E-state index in [9.17, 15) is 0 Å². The molecule has 1 N–H and O–H groups in total. The second-order valence-corrected chi connectivity index (χ2v) is 6.50. The van der Waals surface area contributed by atoms with E-state index < -0.39 is 0 Å². The predicted molar refractivity (Wildman–Crippen MR) is 75.5 cm³/mol. The van der Waals surface area contributed by atoms with Gasteiger partial charge in [-0.05, 0) is 66.0 Å². The molecule has 102 valence electrons. The highest BCUT2D eigenvalue weighted by atomic mass is 15.2. The number of hydrogen-bond acceptors (Lipinski definition) is 3. The summed E-state index contributed by atoms with van der Waals surface area (Å²) in [5.41, 5.74) is 0.440. The molecule has 0 aromatic carbocycles. The second kappa shape index (κ2) is 6.17. The second-order valence-electron chi connectivity index (χ2n) is 6.50. The first-order chi connectivity index (χ1) is 7.88. The molecule has 17 heavy (non-hydrogen) atoms. The average Bonchev–Trinajstić information content (AvgIpc) is 2.52. The molecule has 1 aliphatic rings. The van der Waals surface area contributed by atoms with Gasteiger partial charge >= 0.3 is 0 Å². The van der Waals surface area contributed by atoms with Gasteiger partial charge in [-0.3, -0.25) is 0 Å². The van der Waals surface area contributed by atoms with Crippen LogP contribution in [0.25, 0.3) is 0 Å². The Kier molecular flexibility index (Phi) is 5.42. The highest BCUT2D eigenvalue weighted by molar-refractivity contribution is 4.99. The summed E-state index contributed by atoms with van der Waals surface area (Å²) in [6.07, 6.45) is 3.93. The van der Waals surface area contributed by atoms with Crippen molar-refractivity contribution in [3.05, 3.63) is 0 Å². The molecule has 0 bridgehead atoms. The van der Waals surface area contributed by atoms with Gasteiger partial charge in [0.1, 0.15) is 0 Å². The Balaban J connectivity index is 2.44. The third-order valence-corrected chi connectivity index (χ3v) is 4.30. The van der Waals surface area contributed by atoms with E-state index in [-0.39, 0.29) is 0 Å². The van der Waals surface area contributed by atoms with Crippen molar-refractivity contribution in [1.29, 1.82) is 0 Å². The number of likely N-dealkylation sites (N-methyl/N-ethyl adjacent to an activating group) is 2. The van der Waals surface area contributed by atoms with Gasteiger partial charge in [0.25, 0.3) is 0 Å². The lowest BCUT2D eigenvalue weighted by atomic mass is 9.86. The van der Waals surface area contributed by atoms with Crippen molar-refractivity contribution in [2.75, 3.05) is 41.3 Å². The highest BCUT2D eigenvalue weighted by Gasteiger charge is 2.42. The molecule has 0 spiro atoms. The molecule has 0 aromatic rings. The molecule has 1 rings (SSSR count). The van der Waals surface area contributed by atoms with E-state index in [1.807, 2.05) is 0 Å². The van der Waals surface area contributed by atoms with E-state index in [1.54, 1.807) is 0 Å². The molecule has 0 amide bonds. The summed E-state index contributed by atoms with van der Waals surface area (Å²) in [7, 11) is 8.69. The summed E-state index contributed by atoms with van der Waals surface area (Å²) in [5, 5.41) is 3.53. The van der Waals surface area contributed by atoms with Crippen LogP contribution >= 0.6 is 0 Å². The summed E-state index contributed by atoms with van der Waals surface area (Å²) in [6, 6.07) is 1.34. The lowest BCUT2D eigenvalue weighted by Gasteiger charge is -2.35. The molecular formula is C14H31N3. The Hall–Kier alpha value is -0.120. The SMILES string of the molecule is CNC1C(N(C)CCCN(C)C)CCC1(C)C. The van der Waals surface area contributed by atoms with Crippen LogP contribution in [0, 0.1) is 5.41 Å². The monoisotopic (exact) mass is 241 g/mol. The van der Waals surface area contributed by atoms with Crippen molar-refractivity contribution in [2.24, 2.45) is 5.41 Å². The Labute approximate surface area is 108 Å². The van der Waals surface area contributed by atoms with Crippen molar-refractivity contribution in [3.63, 3.8) is 0 Å². The van der Waals surface area contributed by atoms with Gasteiger partial charge in [-0.1, -0.05) is 13.8 Å². The summed E-state index contributed by atoms with van der Waals surface area (Å²) < 4.78 is 0. The van der Waals surface area contributed by atoms with Crippen molar-refractivity contribution in [1.82, 2.24) is 15.1 Å². The van der Waals surface area contributed by atoms with Gasteiger partial charge in [-0.25, -0.2) is 0 Å². The van der Waals surface area contributed by atoms with Gasteiger partial charge in [0.2, 0.25) is 0 Å². The summed E-state index contributed by atoms with van der Waals surface area (Å²) in [4.78, 5) is 4.82. The maximum Gasteiger partial charge on any atom is 0.0271 e. The number of nitrogens with one attached hydrogen (secondary N) is 1. The minimum Gasteiger partial charge on any atom is -0.315 e. The largest absolute Gasteiger partial charge is 0.315 e. The molecule has 0 heterocycles. The topological polar surface area (TPSA) is 18.5 Å². The Bertz CT molecular complexity index is 226. The maximum absolute atomic E-state index is 3.53. The molecule has 0 aliphatic heterocycles. The van der Waals surface area contributed by atoms with E-state index in [0.29, 0.717) is 17.5 Å². The Morgan fingerprint density at radius 1 is 1.18 bits per heavy atom. The van der Waals surface area contributed by atoms with Crippen LogP contribution in [0.3, 0.4) is 0 Å². The minimum absolute atomic E-state index is 0.440. The van der Waals surface area contributed by atoms with Crippen LogP contribution < -0.4 is 5.32 Å². The highest BCUT2D eigenvalue weighted by Crippen LogP contribution is 2.39. The van der Waals surface area contributed by atoms with Crippen LogP contribution in [-0.4, -0.2) is 63.2 Å². The van der Waals surface area contributed by atoms with Crippen LogP contribution in [0.2, 0.25) is 0 Å². The van der Waals surface area contributed by atoms with Gasteiger partial charge < -0.3 is 15.1 Å². The molecule has 0 radical (unpaired) electrons. The molecule has 1 aliphatic carbocycles. The fourth-order valence-electron chi connectivity index (χ4n) is 3.22. The predicted octanol–water partition coefficient (Wildman–Crippen LogP) is 1.65. The van der Waals surface area contributed by atoms with Gasteiger partial charge in [0.05, 0.1) is 0 Å². The maximum atomic E-state index is 3.53. The molecule has 0 aromatic heterocycles. The molecule has 3 heteroatoms. The fraction of sp³-hybridized carbons (Fsp3) is 1.00. The first-order valence-corrected chi connectivity index (χ1v) is 6.90. The van der Waals surface area contributed by atoms with E-state index >= 15 is 0 Å². The number of nitrogens with zero attached hydrogens (tertiary/aromatic N) is 2. The molecule has 0 saturated heterocycles. The smallest absolute Gasteiger partial charge is 0.0271 e. The van der Waals surface area contributed by atoms with Crippen LogP contribution in [-0.2, 0) is 0 Å². The minimum atomic E-state index is 0.440. The van der Waals surface area contributed by atoms with Crippen molar-refractivity contribution < 1.29 is 0 Å². The van der Waals surface area contributed by atoms with Crippen molar-refractivity contribution in [2.45, 2.75) is 45.2 Å². The normalized spacial score (nSPS) is 28.2. The van der Waals surface area contributed by atoms with E-state index in [4.69, 9.17) is 0 Å². The lowest BCUT2D eigenvalue weighted by Crippen LogP contribution is -2.49. The quantitative estimate of drug-likeness (QED) is 0.763. The fourth-order valence-corrected chi connectivity index (χ4v) is 3.22. The van der Waals surface area contributed by atoms with E-state index in [1.165, 1.54) is 32.4 Å². The van der Waals surface area contributed by atoms with Crippen molar-refractivity contribution >= 4 is 0 Å². The molecule has 3 nitrogen and oxygen atoms in total. The van der Waals surface area contributed by atoms with Crippen LogP contribution in [0.15, 0.2) is 0 Å². The zero-order valence-electron chi connectivity index (χ0n) is 12.6. The third kappa shape index (κ3) is 3.94. The van der Waals surface area contributed by atoms with E-state index in [2.05, 4.69) is 57.2 Å². The van der Waals surface area contributed by atoms with Crippen molar-refractivity contribution in [3.8, 4) is 0 Å². The standard InChI is InChI=1S/C14H31N3/c1-14(2)9-8-12(13(14)15-3)17(6)11-7-10-16(4)5/h12-13,15H,7-11H2,1-6H3. The molecular weight excluding hydrogens is 210 g/mol. The lowest BCUT2D eigenvalue weighted by molar-refractivity contribution is 0.172. The van der Waals surface area contributed by atoms with Gasteiger partial charge in [0.15, 0.2) is 0 Å². The first kappa shape index (κ1) is 14.9. The Morgan fingerprint density at radius 3 is 2.35 bits per heavy atom. The van der Waals surface area contributed by atoms with Gasteiger partial charge in [0, 0.05) is 12.1 Å². The van der Waals surface area contributed by atoms with Gasteiger partial charge in [-0.15, -0.1) is 0 Å². The molecule has 2 atom stereocenters. The van der Waals surface area contributed by atoms with Crippen LogP contribution in [0.5, 0.6) is 0 Å². The number of rotatable bonds is 6. The number of hydrogen-bond donors (Lipinski definition) is 1. The molecule has 1 fully saturated rings. The summed E-state index contributed by atoms with van der Waals surface area (Å²) in [5.74, 6) is 0.